The van der Waals surface area contributed by atoms with Crippen molar-refractivity contribution in [2.24, 2.45) is 29.4 Å². The molecular weight excluding hydrogens is 236 g/mol. The van der Waals surface area contributed by atoms with Crippen LogP contribution in [0.25, 0.3) is 0 Å². The summed E-state index contributed by atoms with van der Waals surface area (Å²) in [7, 11) is 0. The van der Waals surface area contributed by atoms with E-state index >= 15 is 0 Å². The zero-order chi connectivity index (χ0) is 13.2. The van der Waals surface area contributed by atoms with Crippen LogP contribution in [0.15, 0.2) is 0 Å². The van der Waals surface area contributed by atoms with Gasteiger partial charge in [-0.1, -0.05) is 12.8 Å². The maximum absolute atomic E-state index is 12.0. The molecule has 3 nitrogen and oxygen atoms in total. The van der Waals surface area contributed by atoms with Gasteiger partial charge in [0.15, 0.2) is 0 Å². The van der Waals surface area contributed by atoms with Crippen molar-refractivity contribution in [2.45, 2.75) is 63.8 Å². The lowest BCUT2D eigenvalue weighted by Gasteiger charge is -2.32. The zero-order valence-corrected chi connectivity index (χ0v) is 11.9. The van der Waals surface area contributed by atoms with Gasteiger partial charge in [0.2, 0.25) is 5.91 Å². The molecule has 2 bridgehead atoms. The topological polar surface area (TPSA) is 55.1 Å². The summed E-state index contributed by atoms with van der Waals surface area (Å²) in [6, 6.07) is 0.506. The van der Waals surface area contributed by atoms with Gasteiger partial charge in [-0.05, 0) is 68.7 Å². The molecule has 3 aliphatic carbocycles. The third kappa shape index (κ3) is 2.67. The summed E-state index contributed by atoms with van der Waals surface area (Å²) in [5.41, 5.74) is 5.47. The van der Waals surface area contributed by atoms with Crippen molar-refractivity contribution in [3.63, 3.8) is 0 Å². The number of nitrogens with one attached hydrogen (secondary N) is 1. The fourth-order valence-corrected chi connectivity index (χ4v) is 5.12. The standard InChI is InChI=1S/C16H28N2O/c17-8-3-1-2-7-16(19)18-15-10-11-9-14(15)13-6-4-5-12(11)13/h11-15H,1-10,17H2,(H,18,19). The maximum atomic E-state index is 12.0. The Hall–Kier alpha value is -0.570. The minimum Gasteiger partial charge on any atom is -0.353 e. The van der Waals surface area contributed by atoms with Crippen molar-refractivity contribution in [1.82, 2.24) is 5.32 Å². The summed E-state index contributed by atoms with van der Waals surface area (Å²) in [5.74, 6) is 3.98. The Labute approximate surface area is 116 Å². The number of carbonyl (C=O) groups is 1. The van der Waals surface area contributed by atoms with Crippen molar-refractivity contribution >= 4 is 5.91 Å². The van der Waals surface area contributed by atoms with E-state index in [0.717, 1.165) is 49.5 Å². The van der Waals surface area contributed by atoms with Crippen LogP contribution in [0.1, 0.15) is 57.8 Å². The number of hydrogen-bond acceptors (Lipinski definition) is 2. The SMILES string of the molecule is NCCCCCC(=O)NC1CC2CC1C1CCCC21. The molecule has 3 fully saturated rings. The molecule has 3 saturated carbocycles. The average molecular weight is 264 g/mol. The van der Waals surface area contributed by atoms with Crippen LogP contribution in [-0.2, 0) is 4.79 Å². The molecule has 0 aromatic heterocycles. The predicted molar refractivity (Wildman–Crippen MR) is 76.5 cm³/mol. The largest absolute Gasteiger partial charge is 0.353 e. The van der Waals surface area contributed by atoms with Crippen molar-refractivity contribution in [3.05, 3.63) is 0 Å². The Morgan fingerprint density at radius 3 is 2.74 bits per heavy atom. The van der Waals surface area contributed by atoms with E-state index in [1.54, 1.807) is 0 Å². The van der Waals surface area contributed by atoms with E-state index in [-0.39, 0.29) is 5.91 Å². The van der Waals surface area contributed by atoms with Gasteiger partial charge in [0.05, 0.1) is 0 Å². The second-order valence-electron chi connectivity index (χ2n) is 6.93. The first-order chi connectivity index (χ1) is 9.29. The molecule has 3 heteroatoms. The molecule has 5 atom stereocenters. The summed E-state index contributed by atoms with van der Waals surface area (Å²) in [5, 5.41) is 3.33. The van der Waals surface area contributed by atoms with E-state index in [1.165, 1.54) is 32.1 Å². The van der Waals surface area contributed by atoms with E-state index in [0.29, 0.717) is 12.5 Å². The molecule has 19 heavy (non-hydrogen) atoms. The smallest absolute Gasteiger partial charge is 0.220 e. The lowest BCUT2D eigenvalue weighted by atomic mass is 9.79. The summed E-state index contributed by atoms with van der Waals surface area (Å²) in [6.07, 6.45) is 10.8. The van der Waals surface area contributed by atoms with E-state index in [1.807, 2.05) is 0 Å². The summed E-state index contributed by atoms with van der Waals surface area (Å²) < 4.78 is 0. The molecule has 0 radical (unpaired) electrons. The summed E-state index contributed by atoms with van der Waals surface area (Å²) >= 11 is 0. The normalized spacial score (nSPS) is 39.5. The number of carbonyl (C=O) groups excluding carboxylic acids is 1. The molecule has 108 valence electrons. The van der Waals surface area contributed by atoms with Gasteiger partial charge in [-0.2, -0.15) is 0 Å². The highest BCUT2D eigenvalue weighted by Crippen LogP contribution is 2.58. The van der Waals surface area contributed by atoms with Crippen LogP contribution in [0.5, 0.6) is 0 Å². The van der Waals surface area contributed by atoms with Crippen molar-refractivity contribution in [2.75, 3.05) is 6.54 Å². The fraction of sp³-hybridized carbons (Fsp3) is 0.938. The molecule has 3 rings (SSSR count). The summed E-state index contributed by atoms with van der Waals surface area (Å²) in [4.78, 5) is 12.0. The highest BCUT2D eigenvalue weighted by Gasteiger charge is 2.53. The lowest BCUT2D eigenvalue weighted by Crippen LogP contribution is -2.42. The van der Waals surface area contributed by atoms with Crippen molar-refractivity contribution in [1.29, 1.82) is 0 Å². The third-order valence-corrected chi connectivity index (χ3v) is 5.88. The van der Waals surface area contributed by atoms with Crippen molar-refractivity contribution < 1.29 is 4.79 Å². The molecular formula is C16H28N2O. The first-order valence-electron chi connectivity index (χ1n) is 8.29. The van der Waals surface area contributed by atoms with Gasteiger partial charge >= 0.3 is 0 Å². The van der Waals surface area contributed by atoms with E-state index in [4.69, 9.17) is 5.73 Å². The number of nitrogens with two attached hydrogens (primary N) is 1. The van der Waals surface area contributed by atoms with Gasteiger partial charge in [-0.15, -0.1) is 0 Å². The summed E-state index contributed by atoms with van der Waals surface area (Å²) in [6.45, 7) is 0.747. The van der Waals surface area contributed by atoms with Crippen LogP contribution in [-0.4, -0.2) is 18.5 Å². The lowest BCUT2D eigenvalue weighted by molar-refractivity contribution is -0.122. The monoisotopic (exact) mass is 264 g/mol. The van der Waals surface area contributed by atoms with Gasteiger partial charge in [0.25, 0.3) is 0 Å². The zero-order valence-electron chi connectivity index (χ0n) is 11.9. The van der Waals surface area contributed by atoms with E-state index < -0.39 is 0 Å². The van der Waals surface area contributed by atoms with Crippen LogP contribution in [0.3, 0.4) is 0 Å². The quantitative estimate of drug-likeness (QED) is 0.724. The number of hydrogen-bond donors (Lipinski definition) is 2. The Bertz CT molecular complexity index is 331. The van der Waals surface area contributed by atoms with Crippen molar-refractivity contribution in [3.8, 4) is 0 Å². The molecule has 0 saturated heterocycles. The fourth-order valence-electron chi connectivity index (χ4n) is 5.12. The van der Waals surface area contributed by atoms with E-state index in [9.17, 15) is 4.79 Å². The number of amides is 1. The van der Waals surface area contributed by atoms with Crippen LogP contribution < -0.4 is 11.1 Å². The van der Waals surface area contributed by atoms with Gasteiger partial charge < -0.3 is 11.1 Å². The highest BCUT2D eigenvalue weighted by molar-refractivity contribution is 5.76. The molecule has 0 heterocycles. The molecule has 0 spiro atoms. The molecule has 0 aliphatic heterocycles. The van der Waals surface area contributed by atoms with E-state index in [2.05, 4.69) is 5.32 Å². The van der Waals surface area contributed by atoms with Crippen LogP contribution in [0.2, 0.25) is 0 Å². The Morgan fingerprint density at radius 2 is 1.89 bits per heavy atom. The Morgan fingerprint density at radius 1 is 1.05 bits per heavy atom. The van der Waals surface area contributed by atoms with Crippen LogP contribution in [0, 0.1) is 23.7 Å². The molecule has 5 unspecified atom stereocenters. The highest BCUT2D eigenvalue weighted by atomic mass is 16.1. The maximum Gasteiger partial charge on any atom is 0.220 e. The average Bonchev–Trinajstić information content (AvgIpc) is 3.05. The number of rotatable bonds is 6. The second-order valence-corrected chi connectivity index (χ2v) is 6.93. The van der Waals surface area contributed by atoms with Gasteiger partial charge in [-0.3, -0.25) is 4.79 Å². The second kappa shape index (κ2) is 5.82. The molecule has 1 amide bonds. The minimum absolute atomic E-state index is 0.282. The number of fused-ring (bicyclic) bond motifs is 5. The van der Waals surface area contributed by atoms with Crippen LogP contribution in [0.4, 0.5) is 0 Å². The minimum atomic E-state index is 0.282. The van der Waals surface area contributed by atoms with Gasteiger partial charge in [-0.25, -0.2) is 0 Å². The van der Waals surface area contributed by atoms with Gasteiger partial charge in [0.1, 0.15) is 0 Å². The van der Waals surface area contributed by atoms with Crippen LogP contribution >= 0.6 is 0 Å². The Balaban J connectivity index is 1.43. The molecule has 0 aromatic carbocycles. The van der Waals surface area contributed by atoms with Gasteiger partial charge in [0, 0.05) is 12.5 Å². The predicted octanol–water partition coefficient (Wildman–Crippen LogP) is 2.45. The molecule has 3 aliphatic rings. The first kappa shape index (κ1) is 13.4. The Kier molecular flexibility index (Phi) is 4.11. The molecule has 0 aromatic rings. The third-order valence-electron chi connectivity index (χ3n) is 5.88. The molecule has 3 N–H and O–H groups in total. The first-order valence-corrected chi connectivity index (χ1v) is 8.29. The number of unbranched alkanes of at least 4 members (excludes halogenated alkanes) is 2.